The topological polar surface area (TPSA) is 43.4 Å². The molecule has 1 aromatic carbocycles. The minimum Gasteiger partial charge on any atom is -0.454 e. The number of hydrogen-bond donors (Lipinski definition) is 0. The first-order valence-corrected chi connectivity index (χ1v) is 8.64. The number of carbonyl (C=O) groups excluding carboxylic acids is 2. The van der Waals surface area contributed by atoms with Gasteiger partial charge < -0.3 is 4.74 Å². The van der Waals surface area contributed by atoms with Crippen LogP contribution in [0.3, 0.4) is 0 Å². The molecule has 2 aromatic heterocycles. The molecule has 2 heterocycles. The van der Waals surface area contributed by atoms with Crippen molar-refractivity contribution in [2.24, 2.45) is 0 Å². The number of thiophene rings is 2. The van der Waals surface area contributed by atoms with E-state index in [2.05, 4.69) is 0 Å². The molecule has 112 valence electrons. The lowest BCUT2D eigenvalue weighted by Gasteiger charge is -2.02. The van der Waals surface area contributed by atoms with E-state index in [-0.39, 0.29) is 12.4 Å². The number of aryl methyl sites for hydroxylation is 1. The molecule has 0 saturated heterocycles. The van der Waals surface area contributed by atoms with E-state index in [0.29, 0.717) is 10.4 Å². The molecule has 0 spiro atoms. The van der Waals surface area contributed by atoms with Gasteiger partial charge in [0.05, 0.1) is 10.4 Å². The third kappa shape index (κ3) is 2.96. The van der Waals surface area contributed by atoms with Crippen LogP contribution in [-0.2, 0) is 11.2 Å². The van der Waals surface area contributed by atoms with Crippen LogP contribution in [0.25, 0.3) is 10.1 Å². The van der Waals surface area contributed by atoms with Crippen molar-refractivity contribution in [1.82, 2.24) is 0 Å². The molecule has 0 fully saturated rings. The molecule has 0 N–H and O–H groups in total. The molecular weight excluding hydrogens is 316 g/mol. The van der Waals surface area contributed by atoms with E-state index in [1.807, 2.05) is 37.3 Å². The van der Waals surface area contributed by atoms with Crippen molar-refractivity contribution in [1.29, 1.82) is 0 Å². The second-order valence-electron chi connectivity index (χ2n) is 4.76. The number of Topliss-reactive ketones (excluding diaryl/α,β-unsaturated/α-hetero) is 1. The second kappa shape index (κ2) is 6.42. The first-order chi connectivity index (χ1) is 10.7. The highest BCUT2D eigenvalue weighted by Gasteiger charge is 2.16. The maximum Gasteiger partial charge on any atom is 0.340 e. The Balaban J connectivity index is 1.68. The lowest BCUT2D eigenvalue weighted by atomic mass is 10.2. The Kier molecular flexibility index (Phi) is 4.36. The summed E-state index contributed by atoms with van der Waals surface area (Å²) in [6.45, 7) is 1.83. The quantitative estimate of drug-likeness (QED) is 0.508. The van der Waals surface area contributed by atoms with Gasteiger partial charge in [0.1, 0.15) is 0 Å². The fraction of sp³-hybridized carbons (Fsp3) is 0.176. The summed E-state index contributed by atoms with van der Waals surface area (Å²) >= 11 is 2.95. The molecule has 0 radical (unpaired) electrons. The van der Waals surface area contributed by atoms with Crippen molar-refractivity contribution >= 4 is 44.5 Å². The van der Waals surface area contributed by atoms with Gasteiger partial charge >= 0.3 is 5.97 Å². The van der Waals surface area contributed by atoms with E-state index >= 15 is 0 Å². The lowest BCUT2D eigenvalue weighted by Crippen LogP contribution is -2.13. The SMILES string of the molecule is CCc1ccc(C(=O)COC(=O)c2csc3ccccc23)s1. The summed E-state index contributed by atoms with van der Waals surface area (Å²) in [6, 6.07) is 11.4. The predicted octanol–water partition coefficient (Wildman–Crippen LogP) is 4.56. The molecule has 5 heteroatoms. The molecule has 0 aliphatic rings. The van der Waals surface area contributed by atoms with Crippen molar-refractivity contribution in [3.05, 3.63) is 57.1 Å². The first-order valence-electron chi connectivity index (χ1n) is 6.94. The Morgan fingerprint density at radius 2 is 1.95 bits per heavy atom. The maximum atomic E-state index is 12.2. The second-order valence-corrected chi connectivity index (χ2v) is 6.84. The van der Waals surface area contributed by atoms with Gasteiger partial charge in [0, 0.05) is 20.3 Å². The van der Waals surface area contributed by atoms with Crippen LogP contribution in [0.4, 0.5) is 0 Å². The number of esters is 1. The smallest absolute Gasteiger partial charge is 0.340 e. The predicted molar refractivity (Wildman–Crippen MR) is 90.1 cm³/mol. The molecule has 0 aliphatic carbocycles. The van der Waals surface area contributed by atoms with E-state index in [0.717, 1.165) is 21.4 Å². The average Bonchev–Trinajstić information content (AvgIpc) is 3.18. The Bertz CT molecular complexity index is 829. The van der Waals surface area contributed by atoms with E-state index in [9.17, 15) is 9.59 Å². The van der Waals surface area contributed by atoms with E-state index in [1.54, 1.807) is 11.4 Å². The summed E-state index contributed by atoms with van der Waals surface area (Å²) < 4.78 is 6.21. The van der Waals surface area contributed by atoms with Crippen LogP contribution in [0.5, 0.6) is 0 Å². The van der Waals surface area contributed by atoms with Crippen LogP contribution in [0.15, 0.2) is 41.8 Å². The molecule has 3 nitrogen and oxygen atoms in total. The van der Waals surface area contributed by atoms with Crippen LogP contribution >= 0.6 is 22.7 Å². The Morgan fingerprint density at radius 3 is 2.73 bits per heavy atom. The van der Waals surface area contributed by atoms with Gasteiger partial charge in [-0.2, -0.15) is 0 Å². The van der Waals surface area contributed by atoms with Gasteiger partial charge in [-0.3, -0.25) is 4.79 Å². The summed E-state index contributed by atoms with van der Waals surface area (Å²) in [6.07, 6.45) is 0.901. The summed E-state index contributed by atoms with van der Waals surface area (Å²) in [5, 5.41) is 2.65. The number of fused-ring (bicyclic) bond motifs is 1. The molecule has 0 aliphatic heterocycles. The summed E-state index contributed by atoms with van der Waals surface area (Å²) in [4.78, 5) is 26.0. The Hall–Kier alpha value is -1.98. The third-order valence-electron chi connectivity index (χ3n) is 3.32. The molecule has 0 atom stereocenters. The van der Waals surface area contributed by atoms with E-state index in [4.69, 9.17) is 4.74 Å². The zero-order valence-corrected chi connectivity index (χ0v) is 13.6. The minimum absolute atomic E-state index is 0.155. The van der Waals surface area contributed by atoms with Crippen LogP contribution < -0.4 is 0 Å². The fourth-order valence-corrected chi connectivity index (χ4v) is 3.94. The minimum atomic E-state index is -0.446. The molecule has 0 amide bonds. The van der Waals surface area contributed by atoms with Crippen LogP contribution in [0.1, 0.15) is 31.8 Å². The van der Waals surface area contributed by atoms with Crippen molar-refractivity contribution in [2.45, 2.75) is 13.3 Å². The largest absolute Gasteiger partial charge is 0.454 e. The normalized spacial score (nSPS) is 10.8. The van der Waals surface area contributed by atoms with Gasteiger partial charge in [-0.15, -0.1) is 22.7 Å². The summed E-state index contributed by atoms with van der Waals surface area (Å²) in [7, 11) is 0. The Morgan fingerprint density at radius 1 is 1.14 bits per heavy atom. The van der Waals surface area contributed by atoms with Gasteiger partial charge in [0.25, 0.3) is 0 Å². The number of ether oxygens (including phenoxy) is 1. The zero-order valence-electron chi connectivity index (χ0n) is 12.0. The molecule has 3 rings (SSSR count). The van der Waals surface area contributed by atoms with E-state index in [1.165, 1.54) is 22.7 Å². The number of hydrogen-bond acceptors (Lipinski definition) is 5. The van der Waals surface area contributed by atoms with Gasteiger partial charge in [-0.1, -0.05) is 25.1 Å². The van der Waals surface area contributed by atoms with Crippen molar-refractivity contribution in [3.63, 3.8) is 0 Å². The highest BCUT2D eigenvalue weighted by Crippen LogP contribution is 2.26. The van der Waals surface area contributed by atoms with Crippen molar-refractivity contribution in [3.8, 4) is 0 Å². The van der Waals surface area contributed by atoms with Gasteiger partial charge in [0.2, 0.25) is 5.78 Å². The van der Waals surface area contributed by atoms with Gasteiger partial charge in [-0.05, 0) is 24.6 Å². The highest BCUT2D eigenvalue weighted by atomic mass is 32.1. The van der Waals surface area contributed by atoms with Crippen molar-refractivity contribution in [2.75, 3.05) is 6.61 Å². The molecule has 0 bridgehead atoms. The zero-order chi connectivity index (χ0) is 15.5. The van der Waals surface area contributed by atoms with Crippen LogP contribution in [0.2, 0.25) is 0 Å². The van der Waals surface area contributed by atoms with Crippen LogP contribution in [0, 0.1) is 0 Å². The molecular formula is C17H14O3S2. The number of ketones is 1. The first kappa shape index (κ1) is 14.9. The van der Waals surface area contributed by atoms with Gasteiger partial charge in [0.15, 0.2) is 6.61 Å². The average molecular weight is 330 g/mol. The summed E-state index contributed by atoms with van der Waals surface area (Å²) in [5.74, 6) is -0.601. The lowest BCUT2D eigenvalue weighted by molar-refractivity contribution is 0.0478. The number of benzene rings is 1. The fourth-order valence-electron chi connectivity index (χ4n) is 2.13. The third-order valence-corrected chi connectivity index (χ3v) is 5.55. The highest BCUT2D eigenvalue weighted by molar-refractivity contribution is 7.17. The van der Waals surface area contributed by atoms with Crippen LogP contribution in [-0.4, -0.2) is 18.4 Å². The molecule has 0 saturated carbocycles. The molecule has 22 heavy (non-hydrogen) atoms. The van der Waals surface area contributed by atoms with Gasteiger partial charge in [-0.25, -0.2) is 4.79 Å². The standard InChI is InChI=1S/C17H14O3S2/c1-2-11-7-8-16(22-11)14(18)9-20-17(19)13-10-21-15-6-4-3-5-12(13)15/h3-8,10H,2,9H2,1H3. The summed E-state index contributed by atoms with van der Waals surface area (Å²) in [5.41, 5.74) is 0.522. The monoisotopic (exact) mass is 330 g/mol. The van der Waals surface area contributed by atoms with E-state index < -0.39 is 5.97 Å². The maximum absolute atomic E-state index is 12.2. The number of rotatable bonds is 5. The Labute approximate surface area is 136 Å². The molecule has 3 aromatic rings. The van der Waals surface area contributed by atoms with Crippen molar-refractivity contribution < 1.29 is 14.3 Å². The molecule has 0 unspecified atom stereocenters. The number of carbonyl (C=O) groups is 2.